The summed E-state index contributed by atoms with van der Waals surface area (Å²) in [6.07, 6.45) is 2.79. The Balaban J connectivity index is 2.54. The quantitative estimate of drug-likeness (QED) is 0.549. The monoisotopic (exact) mass is 157 g/mol. The highest BCUT2D eigenvalue weighted by molar-refractivity contribution is 5.84. The average molecular weight is 157 g/mol. The fourth-order valence-electron chi connectivity index (χ4n) is 1.39. The van der Waals surface area contributed by atoms with Crippen molar-refractivity contribution in [2.75, 3.05) is 0 Å². The van der Waals surface area contributed by atoms with Crippen molar-refractivity contribution < 1.29 is 0 Å². The zero-order chi connectivity index (χ0) is 8.55. The molecule has 1 aromatic rings. The smallest absolute Gasteiger partial charge is 0.0667 e. The molecule has 0 aromatic heterocycles. The average Bonchev–Trinajstić information content (AvgIpc) is 2.05. The van der Waals surface area contributed by atoms with Gasteiger partial charge in [-0.1, -0.05) is 18.7 Å². The number of hydrogen-bond donors (Lipinski definition) is 0. The lowest BCUT2D eigenvalue weighted by atomic mass is 10.0. The van der Waals surface area contributed by atoms with Gasteiger partial charge < -0.3 is 0 Å². The van der Waals surface area contributed by atoms with Gasteiger partial charge in [-0.25, -0.2) is 0 Å². The van der Waals surface area contributed by atoms with Crippen LogP contribution in [0.5, 0.6) is 0 Å². The predicted molar refractivity (Wildman–Crippen MR) is 52.2 cm³/mol. The molecule has 12 heavy (non-hydrogen) atoms. The van der Waals surface area contributed by atoms with E-state index in [1.807, 2.05) is 6.21 Å². The van der Waals surface area contributed by atoms with Crippen LogP contribution in [0.15, 0.2) is 35.3 Å². The summed E-state index contributed by atoms with van der Waals surface area (Å²) in [4.78, 5) is 4.31. The minimum atomic E-state index is 0.944. The van der Waals surface area contributed by atoms with Crippen molar-refractivity contribution in [2.24, 2.45) is 4.99 Å². The van der Waals surface area contributed by atoms with Crippen LogP contribution in [0.4, 0.5) is 5.69 Å². The van der Waals surface area contributed by atoms with E-state index >= 15 is 0 Å². The van der Waals surface area contributed by atoms with E-state index in [1.54, 1.807) is 0 Å². The van der Waals surface area contributed by atoms with Crippen LogP contribution in [0.25, 0.3) is 0 Å². The highest BCUT2D eigenvalue weighted by atomic mass is 14.7. The van der Waals surface area contributed by atoms with E-state index in [0.29, 0.717) is 0 Å². The van der Waals surface area contributed by atoms with Gasteiger partial charge in [0, 0.05) is 12.6 Å². The van der Waals surface area contributed by atoms with Gasteiger partial charge in [-0.2, -0.15) is 0 Å². The normalized spacial score (nSPS) is 14.6. The third-order valence-electron chi connectivity index (χ3n) is 2.04. The summed E-state index contributed by atoms with van der Waals surface area (Å²) < 4.78 is 0. The Labute approximate surface area is 72.5 Å². The lowest BCUT2D eigenvalue weighted by molar-refractivity contribution is 1.18. The molecule has 0 atom stereocenters. The second-order valence-electron chi connectivity index (χ2n) is 3.23. The molecule has 0 fully saturated rings. The molecule has 1 heteroatoms. The first-order valence-electron chi connectivity index (χ1n) is 4.07. The van der Waals surface area contributed by atoms with Crippen molar-refractivity contribution in [3.05, 3.63) is 41.5 Å². The molecule has 1 aromatic carbocycles. The molecular weight excluding hydrogens is 146 g/mol. The van der Waals surface area contributed by atoms with Crippen LogP contribution in [-0.4, -0.2) is 6.21 Å². The van der Waals surface area contributed by atoms with Gasteiger partial charge in [0.05, 0.1) is 5.69 Å². The molecule has 60 valence electrons. The van der Waals surface area contributed by atoms with E-state index in [0.717, 1.165) is 17.7 Å². The van der Waals surface area contributed by atoms with Crippen LogP contribution in [0.3, 0.4) is 0 Å². The third-order valence-corrected chi connectivity index (χ3v) is 2.04. The summed E-state index contributed by atoms with van der Waals surface area (Å²) in [6, 6.07) is 6.36. The minimum Gasteiger partial charge on any atom is -0.256 e. The Bertz CT molecular complexity index is 361. The molecule has 0 saturated carbocycles. The van der Waals surface area contributed by atoms with Crippen molar-refractivity contribution in [3.8, 4) is 0 Å². The Kier molecular flexibility index (Phi) is 1.58. The fourth-order valence-corrected chi connectivity index (χ4v) is 1.39. The van der Waals surface area contributed by atoms with Gasteiger partial charge in [0.15, 0.2) is 0 Å². The van der Waals surface area contributed by atoms with Gasteiger partial charge in [-0.15, -0.1) is 0 Å². The first-order chi connectivity index (χ1) is 5.75. The number of rotatable bonds is 0. The van der Waals surface area contributed by atoms with Crippen molar-refractivity contribution in [1.29, 1.82) is 0 Å². The van der Waals surface area contributed by atoms with E-state index in [4.69, 9.17) is 0 Å². The molecule has 0 N–H and O–H groups in total. The SMILES string of the molecule is C=C1C=Nc2cc(C)ccc2C1. The summed E-state index contributed by atoms with van der Waals surface area (Å²) >= 11 is 0. The number of aliphatic imine (C=N–C) groups is 1. The largest absolute Gasteiger partial charge is 0.256 e. The molecule has 0 radical (unpaired) electrons. The summed E-state index contributed by atoms with van der Waals surface area (Å²) in [5, 5.41) is 0. The second-order valence-corrected chi connectivity index (χ2v) is 3.23. The summed E-state index contributed by atoms with van der Waals surface area (Å²) in [5.41, 5.74) is 4.74. The highest BCUT2D eigenvalue weighted by Crippen LogP contribution is 2.25. The Morgan fingerprint density at radius 1 is 1.42 bits per heavy atom. The fraction of sp³-hybridized carbons (Fsp3) is 0.182. The van der Waals surface area contributed by atoms with Crippen molar-refractivity contribution in [1.82, 2.24) is 0 Å². The molecule has 1 heterocycles. The lowest BCUT2D eigenvalue weighted by Gasteiger charge is -2.11. The maximum Gasteiger partial charge on any atom is 0.0667 e. The molecule has 0 unspecified atom stereocenters. The van der Waals surface area contributed by atoms with E-state index < -0.39 is 0 Å². The van der Waals surface area contributed by atoms with Gasteiger partial charge in [-0.05, 0) is 29.7 Å². The third kappa shape index (κ3) is 1.18. The Morgan fingerprint density at radius 3 is 3.08 bits per heavy atom. The number of allylic oxidation sites excluding steroid dienone is 1. The minimum absolute atomic E-state index is 0.944. The first-order valence-corrected chi connectivity index (χ1v) is 4.07. The van der Waals surface area contributed by atoms with Gasteiger partial charge in [0.1, 0.15) is 0 Å². The van der Waals surface area contributed by atoms with E-state index in [1.165, 1.54) is 11.1 Å². The number of benzene rings is 1. The molecule has 2 rings (SSSR count). The molecule has 1 nitrogen and oxygen atoms in total. The molecule has 1 aliphatic heterocycles. The van der Waals surface area contributed by atoms with Crippen LogP contribution >= 0.6 is 0 Å². The van der Waals surface area contributed by atoms with Crippen LogP contribution in [-0.2, 0) is 6.42 Å². The highest BCUT2D eigenvalue weighted by Gasteiger charge is 2.06. The Morgan fingerprint density at radius 2 is 2.25 bits per heavy atom. The maximum absolute atomic E-state index is 4.31. The van der Waals surface area contributed by atoms with Gasteiger partial charge >= 0.3 is 0 Å². The number of fused-ring (bicyclic) bond motifs is 1. The molecule has 0 aliphatic carbocycles. The van der Waals surface area contributed by atoms with Gasteiger partial charge in [0.25, 0.3) is 0 Å². The van der Waals surface area contributed by atoms with E-state index in [-0.39, 0.29) is 0 Å². The van der Waals surface area contributed by atoms with Crippen LogP contribution < -0.4 is 0 Å². The lowest BCUT2D eigenvalue weighted by Crippen LogP contribution is -1.96. The topological polar surface area (TPSA) is 12.4 Å². The van der Waals surface area contributed by atoms with Crippen molar-refractivity contribution in [2.45, 2.75) is 13.3 Å². The van der Waals surface area contributed by atoms with E-state index in [2.05, 4.69) is 36.7 Å². The molecule has 0 saturated heterocycles. The molecule has 0 amide bonds. The first kappa shape index (κ1) is 7.29. The number of aryl methyl sites for hydroxylation is 1. The maximum atomic E-state index is 4.31. The summed E-state index contributed by atoms with van der Waals surface area (Å²) in [5.74, 6) is 0. The summed E-state index contributed by atoms with van der Waals surface area (Å²) in [7, 11) is 0. The van der Waals surface area contributed by atoms with Gasteiger partial charge in [0.2, 0.25) is 0 Å². The number of nitrogens with zero attached hydrogens (tertiary/aromatic N) is 1. The van der Waals surface area contributed by atoms with Crippen LogP contribution in [0, 0.1) is 6.92 Å². The zero-order valence-electron chi connectivity index (χ0n) is 7.17. The molecule has 0 bridgehead atoms. The predicted octanol–water partition coefficient (Wildman–Crippen LogP) is 2.81. The summed E-state index contributed by atoms with van der Waals surface area (Å²) in [6.45, 7) is 5.97. The second kappa shape index (κ2) is 2.59. The number of hydrogen-bond acceptors (Lipinski definition) is 1. The van der Waals surface area contributed by atoms with Crippen LogP contribution in [0.1, 0.15) is 11.1 Å². The Hall–Kier alpha value is -1.37. The molecular formula is C11H11N. The standard InChI is InChI=1S/C11H11N/c1-8-3-4-10-5-9(2)7-12-11(10)6-8/h3-4,6-7H,2,5H2,1H3. The van der Waals surface area contributed by atoms with Crippen molar-refractivity contribution in [3.63, 3.8) is 0 Å². The van der Waals surface area contributed by atoms with Gasteiger partial charge in [-0.3, -0.25) is 4.99 Å². The zero-order valence-corrected chi connectivity index (χ0v) is 7.17. The molecule has 0 spiro atoms. The molecule has 1 aliphatic rings. The van der Waals surface area contributed by atoms with E-state index in [9.17, 15) is 0 Å². The van der Waals surface area contributed by atoms with Crippen LogP contribution in [0.2, 0.25) is 0 Å². The van der Waals surface area contributed by atoms with Crippen molar-refractivity contribution >= 4 is 11.9 Å².